The molecular formula is C13H18ClN5. The number of rotatable bonds is 2. The Morgan fingerprint density at radius 1 is 1.21 bits per heavy atom. The molecule has 2 atom stereocenters. The van der Waals surface area contributed by atoms with Gasteiger partial charge >= 0.3 is 0 Å². The van der Waals surface area contributed by atoms with Crippen LogP contribution in [-0.2, 0) is 6.54 Å². The van der Waals surface area contributed by atoms with Gasteiger partial charge in [-0.25, -0.2) is 0 Å². The monoisotopic (exact) mass is 279 g/mol. The Balaban J connectivity index is 0.00000110. The van der Waals surface area contributed by atoms with E-state index in [1.807, 2.05) is 0 Å². The fourth-order valence-electron chi connectivity index (χ4n) is 3.33. The van der Waals surface area contributed by atoms with Crippen LogP contribution in [0.3, 0.4) is 0 Å². The highest BCUT2D eigenvalue weighted by atomic mass is 35.5. The standard InChI is InChI=1S/C13H17N5.ClH/c1-2-12-13(16-17-15-12)3-9(1)6-18-7-10-4-14-5-11(10)8-18;/h1-3,10-11,14H,4-8H2,(H,15,16,17);1H/t10-,11-;/m1./s1. The molecule has 1 aromatic carbocycles. The number of nitrogens with zero attached hydrogens (tertiary/aromatic N) is 3. The van der Waals surface area contributed by atoms with E-state index in [0.29, 0.717) is 0 Å². The number of aromatic amines is 1. The van der Waals surface area contributed by atoms with Crippen molar-refractivity contribution < 1.29 is 0 Å². The maximum absolute atomic E-state index is 4.08. The number of hydrogen-bond acceptors (Lipinski definition) is 4. The number of likely N-dealkylation sites (tertiary alicyclic amines) is 1. The zero-order chi connectivity index (χ0) is 11.9. The Morgan fingerprint density at radius 3 is 2.79 bits per heavy atom. The average molecular weight is 280 g/mol. The van der Waals surface area contributed by atoms with Crippen molar-refractivity contribution in [1.82, 2.24) is 25.6 Å². The summed E-state index contributed by atoms with van der Waals surface area (Å²) in [6, 6.07) is 6.39. The third-order valence-corrected chi connectivity index (χ3v) is 4.26. The largest absolute Gasteiger partial charge is 0.316 e. The van der Waals surface area contributed by atoms with E-state index in [0.717, 1.165) is 29.4 Å². The van der Waals surface area contributed by atoms with Crippen molar-refractivity contribution in [1.29, 1.82) is 0 Å². The summed E-state index contributed by atoms with van der Waals surface area (Å²) in [5.74, 6) is 1.72. The molecule has 5 nitrogen and oxygen atoms in total. The maximum atomic E-state index is 4.08. The SMILES string of the molecule is Cl.c1cc2[nH]nnc2cc1CN1C[C@H]2CNC[C@@H]2C1. The fourth-order valence-corrected chi connectivity index (χ4v) is 3.33. The number of H-pyrrole nitrogens is 1. The van der Waals surface area contributed by atoms with E-state index < -0.39 is 0 Å². The first-order valence-corrected chi connectivity index (χ1v) is 6.61. The second-order valence-corrected chi connectivity index (χ2v) is 5.54. The highest BCUT2D eigenvalue weighted by molar-refractivity contribution is 5.85. The first-order chi connectivity index (χ1) is 8.88. The summed E-state index contributed by atoms with van der Waals surface area (Å²) in [4.78, 5) is 2.57. The molecule has 0 saturated carbocycles. The number of hydrogen-bond donors (Lipinski definition) is 2. The first kappa shape index (κ1) is 12.8. The van der Waals surface area contributed by atoms with Crippen LogP contribution < -0.4 is 5.32 Å². The molecule has 102 valence electrons. The van der Waals surface area contributed by atoms with E-state index in [1.54, 1.807) is 0 Å². The van der Waals surface area contributed by atoms with Gasteiger partial charge in [0, 0.05) is 19.6 Å². The van der Waals surface area contributed by atoms with E-state index in [9.17, 15) is 0 Å². The van der Waals surface area contributed by atoms with Crippen LogP contribution >= 0.6 is 12.4 Å². The van der Waals surface area contributed by atoms with Crippen molar-refractivity contribution in [3.63, 3.8) is 0 Å². The lowest BCUT2D eigenvalue weighted by molar-refractivity contribution is 0.306. The van der Waals surface area contributed by atoms with Crippen molar-refractivity contribution >= 4 is 23.4 Å². The van der Waals surface area contributed by atoms with Crippen molar-refractivity contribution in [2.45, 2.75) is 6.54 Å². The molecule has 2 fully saturated rings. The second-order valence-electron chi connectivity index (χ2n) is 5.54. The molecule has 2 aliphatic rings. The lowest BCUT2D eigenvalue weighted by atomic mass is 10.0. The van der Waals surface area contributed by atoms with Gasteiger partial charge in [-0.05, 0) is 42.6 Å². The molecule has 0 radical (unpaired) electrons. The van der Waals surface area contributed by atoms with Gasteiger partial charge in [0.15, 0.2) is 0 Å². The molecule has 6 heteroatoms. The normalized spacial score (nSPS) is 26.5. The lowest BCUT2D eigenvalue weighted by Gasteiger charge is -2.16. The fraction of sp³-hybridized carbons (Fsp3) is 0.538. The minimum absolute atomic E-state index is 0. The van der Waals surface area contributed by atoms with Crippen molar-refractivity contribution in [2.75, 3.05) is 26.2 Å². The molecule has 2 aliphatic heterocycles. The molecule has 1 aromatic heterocycles. The minimum Gasteiger partial charge on any atom is -0.316 e. The Kier molecular flexibility index (Phi) is 3.43. The van der Waals surface area contributed by atoms with Gasteiger partial charge in [0.05, 0.1) is 5.52 Å². The van der Waals surface area contributed by atoms with Gasteiger partial charge in [0.2, 0.25) is 0 Å². The van der Waals surface area contributed by atoms with Crippen LogP contribution in [-0.4, -0.2) is 46.5 Å². The Hall–Kier alpha value is -1.17. The number of benzene rings is 1. The molecule has 19 heavy (non-hydrogen) atoms. The van der Waals surface area contributed by atoms with Crippen LogP contribution in [0.1, 0.15) is 5.56 Å². The highest BCUT2D eigenvalue weighted by Gasteiger charge is 2.35. The Labute approximate surface area is 118 Å². The molecular weight excluding hydrogens is 262 g/mol. The van der Waals surface area contributed by atoms with Crippen LogP contribution in [0.5, 0.6) is 0 Å². The molecule has 0 spiro atoms. The van der Waals surface area contributed by atoms with Crippen LogP contribution in [0, 0.1) is 11.8 Å². The van der Waals surface area contributed by atoms with Gasteiger partial charge in [0.25, 0.3) is 0 Å². The van der Waals surface area contributed by atoms with E-state index in [-0.39, 0.29) is 12.4 Å². The summed E-state index contributed by atoms with van der Waals surface area (Å²) in [6.45, 7) is 5.89. The van der Waals surface area contributed by atoms with E-state index >= 15 is 0 Å². The number of halogens is 1. The summed E-state index contributed by atoms with van der Waals surface area (Å²) in [7, 11) is 0. The zero-order valence-corrected chi connectivity index (χ0v) is 11.5. The molecule has 2 aromatic rings. The minimum atomic E-state index is 0. The topological polar surface area (TPSA) is 56.8 Å². The van der Waals surface area contributed by atoms with Gasteiger partial charge in [-0.3, -0.25) is 10.00 Å². The molecule has 0 unspecified atom stereocenters. The summed E-state index contributed by atoms with van der Waals surface area (Å²) in [5.41, 5.74) is 3.32. The van der Waals surface area contributed by atoms with Gasteiger partial charge in [-0.1, -0.05) is 11.3 Å². The molecule has 4 rings (SSSR count). The quantitative estimate of drug-likeness (QED) is 0.862. The van der Waals surface area contributed by atoms with E-state index in [1.165, 1.54) is 31.7 Å². The van der Waals surface area contributed by atoms with Crippen molar-refractivity contribution in [3.05, 3.63) is 23.8 Å². The maximum Gasteiger partial charge on any atom is 0.113 e. The summed E-state index contributed by atoms with van der Waals surface area (Å²) >= 11 is 0. The number of fused-ring (bicyclic) bond motifs is 2. The highest BCUT2D eigenvalue weighted by Crippen LogP contribution is 2.27. The van der Waals surface area contributed by atoms with Crippen LogP contribution in [0.25, 0.3) is 11.0 Å². The Bertz CT molecular complexity index is 557. The summed E-state index contributed by atoms with van der Waals surface area (Å²) in [6.07, 6.45) is 0. The first-order valence-electron chi connectivity index (χ1n) is 6.61. The van der Waals surface area contributed by atoms with E-state index in [2.05, 4.69) is 43.8 Å². The van der Waals surface area contributed by atoms with Crippen molar-refractivity contribution in [2.24, 2.45) is 11.8 Å². The smallest absolute Gasteiger partial charge is 0.113 e. The molecule has 0 aliphatic carbocycles. The predicted octanol–water partition coefficient (Wildman–Crippen LogP) is 1.03. The van der Waals surface area contributed by atoms with Crippen LogP contribution in [0.4, 0.5) is 0 Å². The van der Waals surface area contributed by atoms with Gasteiger partial charge in [-0.15, -0.1) is 17.5 Å². The van der Waals surface area contributed by atoms with Gasteiger partial charge < -0.3 is 5.32 Å². The van der Waals surface area contributed by atoms with Gasteiger partial charge in [-0.2, -0.15) is 0 Å². The summed E-state index contributed by atoms with van der Waals surface area (Å²) < 4.78 is 0. The lowest BCUT2D eigenvalue weighted by Crippen LogP contribution is -2.25. The average Bonchev–Trinajstić information content (AvgIpc) is 3.02. The van der Waals surface area contributed by atoms with Crippen molar-refractivity contribution in [3.8, 4) is 0 Å². The molecule has 0 bridgehead atoms. The van der Waals surface area contributed by atoms with E-state index in [4.69, 9.17) is 0 Å². The van der Waals surface area contributed by atoms with Crippen LogP contribution in [0.2, 0.25) is 0 Å². The second kappa shape index (κ2) is 5.07. The Morgan fingerprint density at radius 2 is 2.00 bits per heavy atom. The zero-order valence-electron chi connectivity index (χ0n) is 10.7. The van der Waals surface area contributed by atoms with Crippen LogP contribution in [0.15, 0.2) is 18.2 Å². The molecule has 0 amide bonds. The van der Waals surface area contributed by atoms with Gasteiger partial charge in [0.1, 0.15) is 5.52 Å². The third kappa shape index (κ3) is 2.33. The number of nitrogens with one attached hydrogen (secondary N) is 2. The molecule has 2 saturated heterocycles. The molecule has 2 N–H and O–H groups in total. The summed E-state index contributed by atoms with van der Waals surface area (Å²) in [5, 5.41) is 14.3. The number of aromatic nitrogens is 3. The predicted molar refractivity (Wildman–Crippen MR) is 76.3 cm³/mol. The third-order valence-electron chi connectivity index (χ3n) is 4.26. The molecule has 3 heterocycles.